The molecule has 3 aromatic rings. The van der Waals surface area contributed by atoms with Gasteiger partial charge in [-0.3, -0.25) is 6.08 Å². The van der Waals surface area contributed by atoms with Gasteiger partial charge < -0.3 is 24.8 Å². The van der Waals surface area contributed by atoms with Crippen LogP contribution in [0.5, 0.6) is 0 Å². The number of benzene rings is 3. The Morgan fingerprint density at radius 3 is 2.03 bits per heavy atom. The zero-order valence-corrected chi connectivity index (χ0v) is 27.1. The van der Waals surface area contributed by atoms with Crippen LogP contribution in [0, 0.1) is 18.1 Å². The Labute approximate surface area is 253 Å². The SMILES string of the molecule is CC1=[C-]C(C)C=C1[Si](C)(C)C.FC(F)(F)c1ccc([CH]=[Zr+2])cc1.[Cl-].[Cl-].[c-]1cccc2c1Cc1ccccc1-2. The van der Waals surface area contributed by atoms with Crippen molar-refractivity contribution in [2.24, 2.45) is 5.92 Å². The molecule has 38 heavy (non-hydrogen) atoms. The molecule has 0 N–H and O–H groups in total. The van der Waals surface area contributed by atoms with Gasteiger partial charge in [0.05, 0.1) is 0 Å². The third kappa shape index (κ3) is 9.30. The molecule has 5 rings (SSSR count). The molecule has 0 nitrogen and oxygen atoms in total. The van der Waals surface area contributed by atoms with E-state index in [0.29, 0.717) is 5.92 Å². The first-order chi connectivity index (χ1) is 16.9. The van der Waals surface area contributed by atoms with Gasteiger partial charge in [-0.2, -0.15) is 35.9 Å². The predicted molar refractivity (Wildman–Crippen MR) is 143 cm³/mol. The third-order valence-corrected chi connectivity index (χ3v) is 9.07. The van der Waals surface area contributed by atoms with Crippen molar-refractivity contribution >= 4 is 11.8 Å². The Bertz CT molecular complexity index is 1230. The smallest absolute Gasteiger partial charge is 0.0253 e. The van der Waals surface area contributed by atoms with Gasteiger partial charge in [0.2, 0.25) is 0 Å². The number of fused-ring (bicyclic) bond motifs is 3. The Hall–Kier alpha value is -1.52. The summed E-state index contributed by atoms with van der Waals surface area (Å²) in [6, 6.07) is 23.2. The van der Waals surface area contributed by atoms with Crippen LogP contribution in [0.3, 0.4) is 0 Å². The fourth-order valence-electron chi connectivity index (χ4n) is 4.41. The van der Waals surface area contributed by atoms with Crippen LogP contribution in [0.15, 0.2) is 83.6 Å². The summed E-state index contributed by atoms with van der Waals surface area (Å²) in [5.74, 6) is 0.553. The number of hydrogen-bond acceptors (Lipinski definition) is 0. The molecule has 0 bridgehead atoms. The Balaban J connectivity index is 0.000000279. The molecule has 0 saturated carbocycles. The van der Waals surface area contributed by atoms with E-state index in [4.69, 9.17) is 0 Å². The van der Waals surface area contributed by atoms with E-state index in [0.717, 1.165) is 24.1 Å². The maximum atomic E-state index is 12.0. The van der Waals surface area contributed by atoms with Gasteiger partial charge in [0, 0.05) is 0 Å². The van der Waals surface area contributed by atoms with Crippen LogP contribution in [0.25, 0.3) is 11.1 Å². The minimum Gasteiger partial charge on any atom is -1.00 e. The summed E-state index contributed by atoms with van der Waals surface area (Å²) in [5, 5.41) is 1.60. The van der Waals surface area contributed by atoms with Gasteiger partial charge >= 0.3 is 82.7 Å². The van der Waals surface area contributed by atoms with Crippen LogP contribution in [0.4, 0.5) is 13.2 Å². The van der Waals surface area contributed by atoms with E-state index in [-0.39, 0.29) is 24.8 Å². The van der Waals surface area contributed by atoms with E-state index in [9.17, 15) is 13.2 Å². The molecule has 1 unspecified atom stereocenters. The molecule has 0 saturated heterocycles. The second-order valence-corrected chi connectivity index (χ2v) is 15.8. The van der Waals surface area contributed by atoms with E-state index in [1.807, 2.05) is 9.78 Å². The molecule has 1 atom stereocenters. The van der Waals surface area contributed by atoms with Crippen LogP contribution < -0.4 is 24.8 Å². The molecule has 0 aromatic heterocycles. The average molecular weight is 651 g/mol. The minimum atomic E-state index is -4.22. The van der Waals surface area contributed by atoms with E-state index in [2.05, 4.69) is 88.1 Å². The molecule has 2 aliphatic carbocycles. The van der Waals surface area contributed by atoms with Crippen molar-refractivity contribution in [2.75, 3.05) is 0 Å². The number of alkyl halides is 3. The van der Waals surface area contributed by atoms with E-state index in [1.165, 1.54) is 64.2 Å². The molecule has 0 amide bonds. The maximum absolute atomic E-state index is 12.0. The average Bonchev–Trinajstić information content (AvgIpc) is 3.38. The largest absolute Gasteiger partial charge is 1.00 e. The Morgan fingerprint density at radius 2 is 1.53 bits per heavy atom. The first-order valence-corrected chi connectivity index (χ1v) is 16.9. The Kier molecular flexibility index (Phi) is 13.4. The Morgan fingerprint density at radius 1 is 0.921 bits per heavy atom. The monoisotopic (exact) mass is 648 g/mol. The number of rotatable bonds is 2. The molecule has 0 aliphatic heterocycles. The summed E-state index contributed by atoms with van der Waals surface area (Å²) in [5.41, 5.74) is 7.15. The molecular weight excluding hydrogens is 620 g/mol. The first kappa shape index (κ1) is 34.5. The van der Waals surface area contributed by atoms with Crippen molar-refractivity contribution in [1.29, 1.82) is 0 Å². The normalized spacial score (nSPS) is 15.1. The fraction of sp³-hybridized carbons (Fsp3) is 0.258. The molecule has 0 radical (unpaired) electrons. The standard InChI is InChI=1S/C13H9.C10H17Si.C8H5F3.2ClH.Zr/c1-3-7-12-10(5-1)9-11-6-2-4-8-13(11)12;1-8-6-9(2)10(7-8)11(3,4)5;1-6-2-4-7(5-3-6)8(9,10)11;;;/h1-5,7-8H,9H2;7-8H,1-5H3;1-5H;2*1H;/q2*-1;;;;+2/p-2. The van der Waals surface area contributed by atoms with Crippen LogP contribution >= 0.6 is 0 Å². The van der Waals surface area contributed by atoms with Crippen molar-refractivity contribution in [3.63, 3.8) is 0 Å². The quantitative estimate of drug-likeness (QED) is 0.232. The van der Waals surface area contributed by atoms with Gasteiger partial charge in [-0.25, -0.2) is 10.8 Å². The number of hydrogen-bond donors (Lipinski definition) is 0. The molecular formula is C31H31Cl2F3SiZr-2. The second kappa shape index (κ2) is 14.7. The fourth-order valence-corrected chi connectivity index (χ4v) is 6.83. The van der Waals surface area contributed by atoms with Gasteiger partial charge in [-0.05, 0) is 14.5 Å². The van der Waals surface area contributed by atoms with Gasteiger partial charge in [-0.1, -0.05) is 74.8 Å². The molecule has 0 heterocycles. The van der Waals surface area contributed by atoms with Gasteiger partial charge in [0.15, 0.2) is 0 Å². The zero-order valence-electron chi connectivity index (χ0n) is 22.2. The van der Waals surface area contributed by atoms with E-state index in [1.54, 1.807) is 5.20 Å². The van der Waals surface area contributed by atoms with Crippen LogP contribution in [0.1, 0.15) is 36.1 Å². The summed E-state index contributed by atoms with van der Waals surface area (Å²) in [4.78, 5) is 0. The summed E-state index contributed by atoms with van der Waals surface area (Å²) in [6.07, 6.45) is 2.63. The zero-order chi connectivity index (χ0) is 26.5. The van der Waals surface area contributed by atoms with Gasteiger partial charge in [0.1, 0.15) is 0 Å². The van der Waals surface area contributed by atoms with Gasteiger partial charge in [0.25, 0.3) is 0 Å². The molecule has 200 valence electrons. The summed E-state index contributed by atoms with van der Waals surface area (Å²) >= 11 is 1.18. The van der Waals surface area contributed by atoms with Crippen LogP contribution in [0.2, 0.25) is 19.6 Å². The summed E-state index contributed by atoms with van der Waals surface area (Å²) < 4.78 is 37.9. The third-order valence-electron chi connectivity index (χ3n) is 6.09. The topological polar surface area (TPSA) is 0 Å². The molecule has 0 spiro atoms. The van der Waals surface area contributed by atoms with Crippen LogP contribution in [-0.4, -0.2) is 11.8 Å². The van der Waals surface area contributed by atoms with Crippen LogP contribution in [-0.2, 0) is 36.8 Å². The summed E-state index contributed by atoms with van der Waals surface area (Å²) in [6.45, 7) is 11.6. The van der Waals surface area contributed by atoms with E-state index >= 15 is 0 Å². The predicted octanol–water partition coefficient (Wildman–Crippen LogP) is 2.66. The van der Waals surface area contributed by atoms with Crippen molar-refractivity contribution in [3.8, 4) is 11.1 Å². The van der Waals surface area contributed by atoms with Gasteiger partial charge in [-0.15, -0.1) is 5.56 Å². The minimum absolute atomic E-state index is 0. The van der Waals surface area contributed by atoms with Crippen molar-refractivity contribution < 1.29 is 62.2 Å². The molecule has 0 fully saturated rings. The first-order valence-electron chi connectivity index (χ1n) is 12.0. The van der Waals surface area contributed by atoms with E-state index < -0.39 is 19.8 Å². The summed E-state index contributed by atoms with van der Waals surface area (Å²) in [7, 11) is -1.07. The van der Waals surface area contributed by atoms with Crippen molar-refractivity contribution in [3.05, 3.63) is 118 Å². The number of allylic oxidation sites excluding steroid dienone is 4. The van der Waals surface area contributed by atoms with Crippen molar-refractivity contribution in [2.45, 2.75) is 46.1 Å². The molecule has 7 heteroatoms. The second-order valence-electron chi connectivity index (χ2n) is 10.0. The number of halogens is 5. The van der Waals surface area contributed by atoms with Crippen molar-refractivity contribution in [1.82, 2.24) is 0 Å². The molecule has 3 aromatic carbocycles. The maximum Gasteiger partial charge on any atom is -0.0253 e. The molecule has 2 aliphatic rings.